The predicted molar refractivity (Wildman–Crippen MR) is 115 cm³/mol. The number of hydrogen-bond donors (Lipinski definition) is 2. The first kappa shape index (κ1) is 20.0. The van der Waals surface area contributed by atoms with Gasteiger partial charge in [0, 0.05) is 19.0 Å². The van der Waals surface area contributed by atoms with Crippen molar-refractivity contribution < 1.29 is 14.4 Å². The second-order valence-electron chi connectivity index (χ2n) is 9.26. The maximum Gasteiger partial charge on any atom is 0.325 e. The minimum absolute atomic E-state index is 0.0882. The lowest BCUT2D eigenvalue weighted by Crippen LogP contribution is -2.54. The van der Waals surface area contributed by atoms with Crippen LogP contribution in [0.25, 0.3) is 11.0 Å². The van der Waals surface area contributed by atoms with Crippen LogP contribution in [0.4, 0.5) is 4.79 Å². The van der Waals surface area contributed by atoms with Gasteiger partial charge in [-0.2, -0.15) is 0 Å². The molecule has 31 heavy (non-hydrogen) atoms. The van der Waals surface area contributed by atoms with Gasteiger partial charge in [-0.15, -0.1) is 0 Å². The second kappa shape index (κ2) is 7.66. The largest absolute Gasteiger partial charge is 0.342 e. The first-order valence-electron chi connectivity index (χ1n) is 11.3. The normalized spacial score (nSPS) is 29.1. The Hall–Kier alpha value is -2.90. The number of amides is 4. The van der Waals surface area contributed by atoms with Crippen LogP contribution in [-0.4, -0.2) is 62.8 Å². The van der Waals surface area contributed by atoms with Crippen molar-refractivity contribution in [3.05, 3.63) is 30.1 Å². The highest BCUT2D eigenvalue weighted by molar-refractivity contribution is 6.09. The number of rotatable bonds is 3. The maximum absolute atomic E-state index is 13.2. The molecule has 3 heterocycles. The average molecular weight is 424 g/mol. The number of carbonyl (C=O) groups is 3. The summed E-state index contributed by atoms with van der Waals surface area (Å²) < 4.78 is 0. The van der Waals surface area contributed by atoms with Gasteiger partial charge in [-0.25, -0.2) is 9.78 Å². The topological polar surface area (TPSA) is 98.4 Å². The van der Waals surface area contributed by atoms with Gasteiger partial charge in [-0.3, -0.25) is 14.5 Å². The number of H-pyrrole nitrogens is 1. The van der Waals surface area contributed by atoms with Crippen LogP contribution in [0.15, 0.2) is 24.3 Å². The van der Waals surface area contributed by atoms with Gasteiger partial charge in [-0.1, -0.05) is 31.9 Å². The zero-order valence-electron chi connectivity index (χ0n) is 17.9. The van der Waals surface area contributed by atoms with Crippen molar-refractivity contribution in [2.24, 2.45) is 5.92 Å². The summed E-state index contributed by atoms with van der Waals surface area (Å²) in [7, 11) is 0. The highest BCUT2D eigenvalue weighted by Crippen LogP contribution is 2.38. The van der Waals surface area contributed by atoms with Crippen molar-refractivity contribution in [2.45, 2.75) is 56.9 Å². The Kier molecular flexibility index (Phi) is 4.95. The third-order valence-electron chi connectivity index (χ3n) is 7.36. The van der Waals surface area contributed by atoms with Gasteiger partial charge < -0.3 is 15.2 Å². The molecule has 0 radical (unpaired) electrons. The van der Waals surface area contributed by atoms with Crippen LogP contribution >= 0.6 is 0 Å². The van der Waals surface area contributed by atoms with Crippen molar-refractivity contribution in [2.75, 3.05) is 19.6 Å². The average Bonchev–Trinajstić information content (AvgIpc) is 3.31. The van der Waals surface area contributed by atoms with E-state index in [2.05, 4.69) is 10.3 Å². The van der Waals surface area contributed by atoms with Crippen molar-refractivity contribution >= 4 is 28.9 Å². The maximum atomic E-state index is 13.2. The van der Waals surface area contributed by atoms with E-state index < -0.39 is 11.6 Å². The van der Waals surface area contributed by atoms with Crippen LogP contribution in [0.2, 0.25) is 0 Å². The zero-order valence-corrected chi connectivity index (χ0v) is 17.9. The van der Waals surface area contributed by atoms with E-state index in [1.165, 1.54) is 0 Å². The first-order valence-corrected chi connectivity index (χ1v) is 11.3. The molecule has 1 spiro atoms. The number of aromatic nitrogens is 2. The smallest absolute Gasteiger partial charge is 0.325 e. The number of urea groups is 1. The minimum Gasteiger partial charge on any atom is -0.342 e. The molecule has 8 nitrogen and oxygen atoms in total. The number of imide groups is 1. The number of hydrogen-bond acceptors (Lipinski definition) is 4. The number of para-hydroxylation sites is 2. The van der Waals surface area contributed by atoms with E-state index in [-0.39, 0.29) is 30.2 Å². The molecule has 1 aromatic heterocycles. The van der Waals surface area contributed by atoms with E-state index in [9.17, 15) is 14.4 Å². The molecule has 2 N–H and O–H groups in total. The molecular formula is C23H29N5O3. The van der Waals surface area contributed by atoms with Crippen LogP contribution in [0, 0.1) is 5.92 Å². The SMILES string of the molecule is C[C@@H]1CCCC[C@@]12NC(=O)N(CC(=O)N1CCC[C@@H](c3nc4ccccc4[nH]3)C1)C2=O. The molecule has 1 aliphatic carbocycles. The molecule has 3 aliphatic rings. The van der Waals surface area contributed by atoms with Gasteiger partial charge in [-0.05, 0) is 43.7 Å². The molecule has 164 valence electrons. The lowest BCUT2D eigenvalue weighted by atomic mass is 9.73. The third kappa shape index (κ3) is 3.38. The Labute approximate surface area is 181 Å². The quantitative estimate of drug-likeness (QED) is 0.742. The van der Waals surface area contributed by atoms with Gasteiger partial charge in [0.1, 0.15) is 17.9 Å². The van der Waals surface area contributed by atoms with Gasteiger partial charge in [0.05, 0.1) is 11.0 Å². The van der Waals surface area contributed by atoms with Crippen LogP contribution in [0.3, 0.4) is 0 Å². The molecule has 5 rings (SSSR count). The van der Waals surface area contributed by atoms with Crippen LogP contribution in [0.1, 0.15) is 57.2 Å². The number of aromatic amines is 1. The summed E-state index contributed by atoms with van der Waals surface area (Å²) in [6, 6.07) is 7.47. The molecule has 3 fully saturated rings. The number of fused-ring (bicyclic) bond motifs is 1. The van der Waals surface area contributed by atoms with E-state index in [0.29, 0.717) is 19.5 Å². The Morgan fingerprint density at radius 2 is 2.03 bits per heavy atom. The predicted octanol–water partition coefficient (Wildman–Crippen LogP) is 2.77. The monoisotopic (exact) mass is 423 g/mol. The number of nitrogens with one attached hydrogen (secondary N) is 2. The highest BCUT2D eigenvalue weighted by atomic mass is 16.2. The van der Waals surface area contributed by atoms with Crippen molar-refractivity contribution in [1.82, 2.24) is 25.1 Å². The third-order valence-corrected chi connectivity index (χ3v) is 7.36. The number of imidazole rings is 1. The summed E-state index contributed by atoms with van der Waals surface area (Å²) in [5.74, 6) is 0.695. The Bertz CT molecular complexity index is 1000. The van der Waals surface area contributed by atoms with Gasteiger partial charge in [0.15, 0.2) is 0 Å². The van der Waals surface area contributed by atoms with Crippen LogP contribution < -0.4 is 5.32 Å². The number of nitrogens with zero attached hydrogens (tertiary/aromatic N) is 3. The fourth-order valence-electron chi connectivity index (χ4n) is 5.47. The molecule has 0 bridgehead atoms. The fraction of sp³-hybridized carbons (Fsp3) is 0.565. The van der Waals surface area contributed by atoms with Gasteiger partial charge >= 0.3 is 6.03 Å². The number of carbonyl (C=O) groups excluding carboxylic acids is 3. The molecular weight excluding hydrogens is 394 g/mol. The van der Waals surface area contributed by atoms with Crippen LogP contribution in [0.5, 0.6) is 0 Å². The van der Waals surface area contributed by atoms with E-state index in [4.69, 9.17) is 4.98 Å². The number of likely N-dealkylation sites (tertiary alicyclic amines) is 1. The van der Waals surface area contributed by atoms with Crippen molar-refractivity contribution in [3.8, 4) is 0 Å². The van der Waals surface area contributed by atoms with E-state index in [0.717, 1.165) is 53.9 Å². The summed E-state index contributed by atoms with van der Waals surface area (Å²) >= 11 is 0. The molecule has 2 aromatic rings. The lowest BCUT2D eigenvalue weighted by Gasteiger charge is -2.37. The lowest BCUT2D eigenvalue weighted by molar-refractivity contribution is -0.141. The molecule has 1 aromatic carbocycles. The summed E-state index contributed by atoms with van der Waals surface area (Å²) in [6.07, 6.45) is 5.38. The molecule has 0 unspecified atom stereocenters. The molecule has 2 saturated heterocycles. The van der Waals surface area contributed by atoms with Crippen molar-refractivity contribution in [1.29, 1.82) is 0 Å². The Morgan fingerprint density at radius 1 is 1.19 bits per heavy atom. The zero-order chi connectivity index (χ0) is 21.6. The molecule has 2 aliphatic heterocycles. The summed E-state index contributed by atoms with van der Waals surface area (Å²) in [6.45, 7) is 3.02. The standard InChI is InChI=1S/C23H29N5O3/c1-15-7-4-5-11-23(15)21(30)28(22(31)26-23)14-19(29)27-12-6-8-16(13-27)20-24-17-9-2-3-10-18(17)25-20/h2-3,9-10,15-16H,4-8,11-14H2,1H3,(H,24,25)(H,26,31)/t15-,16-,23-/m1/s1. The van der Waals surface area contributed by atoms with Crippen molar-refractivity contribution in [3.63, 3.8) is 0 Å². The summed E-state index contributed by atoms with van der Waals surface area (Å²) in [5.41, 5.74) is 1.09. The Morgan fingerprint density at radius 3 is 2.84 bits per heavy atom. The minimum atomic E-state index is -0.825. The Balaban J connectivity index is 1.28. The molecule has 8 heteroatoms. The van der Waals surface area contributed by atoms with E-state index in [1.54, 1.807) is 4.90 Å². The summed E-state index contributed by atoms with van der Waals surface area (Å²) in [4.78, 5) is 49.8. The van der Waals surface area contributed by atoms with E-state index in [1.807, 2.05) is 31.2 Å². The molecule has 4 amide bonds. The van der Waals surface area contributed by atoms with E-state index >= 15 is 0 Å². The number of piperidine rings is 1. The first-order chi connectivity index (χ1) is 15.0. The molecule has 3 atom stereocenters. The second-order valence-corrected chi connectivity index (χ2v) is 9.26. The fourth-order valence-corrected chi connectivity index (χ4v) is 5.47. The number of benzene rings is 1. The highest BCUT2D eigenvalue weighted by Gasteiger charge is 2.55. The van der Waals surface area contributed by atoms with Crippen LogP contribution in [-0.2, 0) is 9.59 Å². The summed E-state index contributed by atoms with van der Waals surface area (Å²) in [5, 5.41) is 2.93. The van der Waals surface area contributed by atoms with Gasteiger partial charge in [0.2, 0.25) is 5.91 Å². The van der Waals surface area contributed by atoms with Gasteiger partial charge in [0.25, 0.3) is 5.91 Å². The molecule has 1 saturated carbocycles.